The van der Waals surface area contributed by atoms with Crippen molar-refractivity contribution in [1.29, 1.82) is 0 Å². The lowest BCUT2D eigenvalue weighted by atomic mass is 9.87. The molecule has 8 nitrogen and oxygen atoms in total. The molecule has 1 aromatic carbocycles. The second-order valence-corrected chi connectivity index (χ2v) is 7.51. The zero-order valence-corrected chi connectivity index (χ0v) is 15.6. The summed E-state index contributed by atoms with van der Waals surface area (Å²) in [7, 11) is 0. The SMILES string of the molecule is CC(C)(C)OC(=O)[C@H]1CC(O)CN(C(=O)OCc2ccccc2)[C@@H]1C(=O)O. The van der Waals surface area contributed by atoms with E-state index in [4.69, 9.17) is 9.47 Å². The molecule has 1 fully saturated rings. The first-order valence-corrected chi connectivity index (χ1v) is 8.69. The Balaban J connectivity index is 2.16. The molecular formula is C19H25NO7. The van der Waals surface area contributed by atoms with Gasteiger partial charge in [0.2, 0.25) is 0 Å². The molecule has 1 saturated heterocycles. The molecule has 0 spiro atoms. The Morgan fingerprint density at radius 1 is 1.19 bits per heavy atom. The molecule has 148 valence electrons. The number of β-amino-alcohol motifs (C(OH)–C–C–N with tert-alkyl or cyclic N) is 1. The molecule has 0 aromatic heterocycles. The van der Waals surface area contributed by atoms with Crippen LogP contribution in [-0.4, -0.2) is 57.4 Å². The van der Waals surface area contributed by atoms with Gasteiger partial charge in [0.05, 0.1) is 18.6 Å². The fraction of sp³-hybridized carbons (Fsp3) is 0.526. The van der Waals surface area contributed by atoms with Gasteiger partial charge in [-0.1, -0.05) is 30.3 Å². The lowest BCUT2D eigenvalue weighted by molar-refractivity contribution is -0.172. The summed E-state index contributed by atoms with van der Waals surface area (Å²) < 4.78 is 10.5. The Kier molecular flexibility index (Phi) is 6.43. The Labute approximate surface area is 157 Å². The highest BCUT2D eigenvalue weighted by Gasteiger charge is 2.48. The van der Waals surface area contributed by atoms with Crippen LogP contribution in [0.15, 0.2) is 30.3 Å². The number of carbonyl (C=O) groups is 3. The van der Waals surface area contributed by atoms with Crippen molar-refractivity contribution < 1.29 is 34.1 Å². The van der Waals surface area contributed by atoms with Gasteiger partial charge in [-0.25, -0.2) is 9.59 Å². The zero-order chi connectivity index (χ0) is 20.2. The monoisotopic (exact) mass is 379 g/mol. The topological polar surface area (TPSA) is 113 Å². The molecule has 0 aliphatic carbocycles. The predicted octanol–water partition coefficient (Wildman–Crippen LogP) is 1.80. The minimum absolute atomic E-state index is 0.0459. The van der Waals surface area contributed by atoms with Crippen molar-refractivity contribution in [3.63, 3.8) is 0 Å². The van der Waals surface area contributed by atoms with Crippen LogP contribution in [0.1, 0.15) is 32.8 Å². The number of carbonyl (C=O) groups excluding carboxylic acids is 2. The van der Waals surface area contributed by atoms with Crippen molar-refractivity contribution in [2.24, 2.45) is 5.92 Å². The van der Waals surface area contributed by atoms with Gasteiger partial charge < -0.3 is 19.7 Å². The van der Waals surface area contributed by atoms with Gasteiger partial charge in [-0.3, -0.25) is 9.69 Å². The van der Waals surface area contributed by atoms with Crippen LogP contribution in [0.5, 0.6) is 0 Å². The van der Waals surface area contributed by atoms with E-state index in [1.807, 2.05) is 6.07 Å². The van der Waals surface area contributed by atoms with E-state index < -0.39 is 41.7 Å². The second-order valence-electron chi connectivity index (χ2n) is 7.51. The van der Waals surface area contributed by atoms with Gasteiger partial charge in [0.25, 0.3) is 0 Å². The van der Waals surface area contributed by atoms with Crippen LogP contribution in [0.2, 0.25) is 0 Å². The van der Waals surface area contributed by atoms with E-state index in [1.165, 1.54) is 0 Å². The van der Waals surface area contributed by atoms with Crippen LogP contribution < -0.4 is 0 Å². The molecule has 2 rings (SSSR count). The van der Waals surface area contributed by atoms with Crippen LogP contribution >= 0.6 is 0 Å². The number of nitrogens with zero attached hydrogens (tertiary/aromatic N) is 1. The van der Waals surface area contributed by atoms with Crippen LogP contribution in [0.4, 0.5) is 4.79 Å². The average Bonchev–Trinajstić information content (AvgIpc) is 2.58. The minimum atomic E-state index is -1.47. The highest BCUT2D eigenvalue weighted by Crippen LogP contribution is 2.28. The van der Waals surface area contributed by atoms with E-state index in [-0.39, 0.29) is 19.6 Å². The first-order chi connectivity index (χ1) is 12.6. The number of benzene rings is 1. The zero-order valence-electron chi connectivity index (χ0n) is 15.6. The number of aliphatic carboxylic acids is 1. The van der Waals surface area contributed by atoms with E-state index in [9.17, 15) is 24.6 Å². The molecule has 1 heterocycles. The van der Waals surface area contributed by atoms with Gasteiger partial charge in [-0.15, -0.1) is 0 Å². The van der Waals surface area contributed by atoms with E-state index >= 15 is 0 Å². The maximum Gasteiger partial charge on any atom is 0.410 e. The fourth-order valence-electron chi connectivity index (χ4n) is 2.95. The summed E-state index contributed by atoms with van der Waals surface area (Å²) in [6.45, 7) is 4.70. The van der Waals surface area contributed by atoms with Crippen molar-refractivity contribution in [3.05, 3.63) is 35.9 Å². The Morgan fingerprint density at radius 2 is 1.81 bits per heavy atom. The van der Waals surface area contributed by atoms with Gasteiger partial charge in [0.15, 0.2) is 0 Å². The minimum Gasteiger partial charge on any atom is -0.480 e. The number of piperidine rings is 1. The molecule has 8 heteroatoms. The summed E-state index contributed by atoms with van der Waals surface area (Å²) in [5.74, 6) is -3.31. The van der Waals surface area contributed by atoms with Crippen LogP contribution in [0.3, 0.4) is 0 Å². The third-order valence-corrected chi connectivity index (χ3v) is 4.05. The van der Waals surface area contributed by atoms with Crippen LogP contribution in [-0.2, 0) is 25.7 Å². The Morgan fingerprint density at radius 3 is 2.37 bits per heavy atom. The van der Waals surface area contributed by atoms with Crippen molar-refractivity contribution in [2.75, 3.05) is 6.54 Å². The summed E-state index contributed by atoms with van der Waals surface area (Å²) >= 11 is 0. The van der Waals surface area contributed by atoms with Crippen molar-refractivity contribution in [1.82, 2.24) is 4.90 Å². The second kappa shape index (κ2) is 8.39. The number of hydrogen-bond donors (Lipinski definition) is 2. The molecule has 1 aromatic rings. The van der Waals surface area contributed by atoms with Crippen LogP contribution in [0.25, 0.3) is 0 Å². The Bertz CT molecular complexity index is 683. The predicted molar refractivity (Wildman–Crippen MR) is 94.7 cm³/mol. The number of esters is 1. The lowest BCUT2D eigenvalue weighted by Crippen LogP contribution is -2.59. The average molecular weight is 379 g/mol. The number of carboxylic acids is 1. The largest absolute Gasteiger partial charge is 0.480 e. The number of aliphatic hydroxyl groups is 1. The maximum absolute atomic E-state index is 12.5. The third kappa shape index (κ3) is 5.68. The summed E-state index contributed by atoms with van der Waals surface area (Å²) in [5.41, 5.74) is -0.0831. The number of rotatable bonds is 4. The molecule has 2 N–H and O–H groups in total. The van der Waals surface area contributed by atoms with Crippen molar-refractivity contribution >= 4 is 18.0 Å². The van der Waals surface area contributed by atoms with Gasteiger partial charge in [-0.05, 0) is 32.8 Å². The van der Waals surface area contributed by atoms with Crippen molar-refractivity contribution in [3.8, 4) is 0 Å². The van der Waals surface area contributed by atoms with Gasteiger partial charge >= 0.3 is 18.0 Å². The molecular weight excluding hydrogens is 354 g/mol. The summed E-state index contributed by atoms with van der Waals surface area (Å²) in [6.07, 6.45) is -2.06. The summed E-state index contributed by atoms with van der Waals surface area (Å²) in [5, 5.41) is 19.7. The van der Waals surface area contributed by atoms with Crippen molar-refractivity contribution in [2.45, 2.75) is 51.5 Å². The smallest absolute Gasteiger partial charge is 0.410 e. The summed E-state index contributed by atoms with van der Waals surface area (Å²) in [6, 6.07) is 7.44. The number of hydrogen-bond acceptors (Lipinski definition) is 6. The maximum atomic E-state index is 12.5. The molecule has 1 amide bonds. The van der Waals surface area contributed by atoms with Gasteiger partial charge in [-0.2, -0.15) is 0 Å². The highest BCUT2D eigenvalue weighted by atomic mass is 16.6. The van der Waals surface area contributed by atoms with E-state index in [0.717, 1.165) is 10.5 Å². The number of ether oxygens (including phenoxy) is 2. The van der Waals surface area contributed by atoms with Gasteiger partial charge in [0, 0.05) is 0 Å². The van der Waals surface area contributed by atoms with E-state index in [0.29, 0.717) is 0 Å². The summed E-state index contributed by atoms with van der Waals surface area (Å²) in [4.78, 5) is 37.6. The third-order valence-electron chi connectivity index (χ3n) is 4.05. The fourth-order valence-corrected chi connectivity index (χ4v) is 2.95. The van der Waals surface area contributed by atoms with E-state index in [1.54, 1.807) is 45.0 Å². The number of carboxylic acid groups (broad SMARTS) is 1. The molecule has 1 unspecified atom stereocenters. The molecule has 3 atom stereocenters. The molecule has 0 radical (unpaired) electrons. The van der Waals surface area contributed by atoms with E-state index in [2.05, 4.69) is 0 Å². The standard InChI is InChI=1S/C19H25NO7/c1-19(2,3)27-17(24)14-9-13(21)10-20(15(14)16(22)23)18(25)26-11-12-7-5-4-6-8-12/h4-8,13-15,21H,9-11H2,1-3H3,(H,22,23)/t13?,14-,15-/m0/s1. The number of aliphatic hydroxyl groups excluding tert-OH is 1. The molecule has 0 bridgehead atoms. The molecule has 1 aliphatic rings. The molecule has 0 saturated carbocycles. The quantitative estimate of drug-likeness (QED) is 0.767. The van der Waals surface area contributed by atoms with Crippen LogP contribution in [0, 0.1) is 5.92 Å². The molecule has 27 heavy (non-hydrogen) atoms. The number of amides is 1. The first kappa shape index (κ1) is 20.7. The highest BCUT2D eigenvalue weighted by molar-refractivity contribution is 5.87. The number of likely N-dealkylation sites (tertiary alicyclic amines) is 1. The lowest BCUT2D eigenvalue weighted by Gasteiger charge is -2.39. The van der Waals surface area contributed by atoms with Gasteiger partial charge in [0.1, 0.15) is 18.2 Å². The normalized spacial score (nSPS) is 22.8. The Hall–Kier alpha value is -2.61. The molecule has 1 aliphatic heterocycles. The first-order valence-electron chi connectivity index (χ1n) is 8.69.